The smallest absolute Gasteiger partial charge is 0.222 e. The Morgan fingerprint density at radius 2 is 0.810 bits per heavy atom. The number of hydrogen-bond donors (Lipinski definition) is 12. The van der Waals surface area contributed by atoms with Crippen molar-refractivity contribution in [1.82, 2.24) is 59.8 Å². The van der Waals surface area contributed by atoms with Gasteiger partial charge in [-0.15, -0.1) is 0 Å². The number of aryl methyl sites for hydroxylation is 1. The Kier molecular flexibility index (Phi) is 24.5. The molecule has 426 valence electrons. The quantitative estimate of drug-likeness (QED) is 0.0344. The number of pyridine rings is 4. The number of nitrogens with zero attached hydrogens (tertiary/aromatic N) is 12. The van der Waals surface area contributed by atoms with Crippen LogP contribution in [0.15, 0.2) is 48.9 Å². The van der Waals surface area contributed by atoms with E-state index in [1.165, 1.54) is 12.1 Å². The molecule has 4 atom stereocenters. The number of aliphatic hydroxyl groups is 4. The van der Waals surface area contributed by atoms with E-state index in [0.717, 1.165) is 82.3 Å². The highest BCUT2D eigenvalue weighted by atomic mass is 19.1. The fourth-order valence-electron chi connectivity index (χ4n) is 7.89. The van der Waals surface area contributed by atoms with Crippen LogP contribution in [0.5, 0.6) is 5.75 Å². The Morgan fingerprint density at radius 3 is 1.18 bits per heavy atom. The summed E-state index contributed by atoms with van der Waals surface area (Å²) >= 11 is 0. The van der Waals surface area contributed by atoms with Gasteiger partial charge in [-0.2, -0.15) is 19.9 Å². The molecule has 79 heavy (non-hydrogen) atoms. The normalized spacial score (nSPS) is 12.5. The molecule has 8 heterocycles. The van der Waals surface area contributed by atoms with E-state index in [-0.39, 0.29) is 74.4 Å². The van der Waals surface area contributed by atoms with Crippen molar-refractivity contribution in [2.45, 2.75) is 123 Å². The molecular formula is C52H74F2N20O5. The zero-order valence-corrected chi connectivity index (χ0v) is 45.5. The molecule has 8 aromatic rings. The predicted molar refractivity (Wildman–Crippen MR) is 305 cm³/mol. The van der Waals surface area contributed by atoms with Crippen molar-refractivity contribution in [1.29, 1.82) is 0 Å². The number of anilines is 8. The molecule has 0 amide bonds. The van der Waals surface area contributed by atoms with E-state index < -0.39 is 11.6 Å². The van der Waals surface area contributed by atoms with Crippen LogP contribution in [-0.4, -0.2) is 138 Å². The SMILES string of the molecule is CCCC[C@@H](CO)Nc1nc(N)nc2cc(F)cnc12.CCCC[C@@H](CO)Nc1nc(N)nc2ccc(C)nc12.CCC[C@@H](CO)Nc1nc(N)nc2cc(F)cnc12.CCC[C@@H](CO)Nc1nc(N)nc2cc(OC)cnc12. The molecular weight excluding hydrogens is 1020 g/mol. The molecule has 0 fully saturated rings. The molecule has 25 nitrogen and oxygen atoms in total. The topological polar surface area (TPSA) is 397 Å². The number of fused-ring (bicyclic) bond motifs is 4. The largest absolute Gasteiger partial charge is 0.495 e. The zero-order valence-electron chi connectivity index (χ0n) is 45.5. The van der Waals surface area contributed by atoms with Crippen molar-refractivity contribution in [2.75, 3.05) is 77.7 Å². The lowest BCUT2D eigenvalue weighted by atomic mass is 10.1. The fourth-order valence-corrected chi connectivity index (χ4v) is 7.89. The van der Waals surface area contributed by atoms with E-state index in [1.54, 1.807) is 19.4 Å². The van der Waals surface area contributed by atoms with Gasteiger partial charge in [0.05, 0.1) is 92.8 Å². The monoisotopic (exact) mass is 1100 g/mol. The highest BCUT2D eigenvalue weighted by Crippen LogP contribution is 2.26. The second-order valence-electron chi connectivity index (χ2n) is 18.3. The number of methoxy groups -OCH3 is 1. The summed E-state index contributed by atoms with van der Waals surface area (Å²) in [5, 5.41) is 50.1. The number of ether oxygens (including phenoxy) is 1. The van der Waals surface area contributed by atoms with Gasteiger partial charge in [-0.3, -0.25) is 0 Å². The summed E-state index contributed by atoms with van der Waals surface area (Å²) in [4.78, 5) is 49.5. The van der Waals surface area contributed by atoms with Gasteiger partial charge in [0.15, 0.2) is 23.3 Å². The lowest BCUT2D eigenvalue weighted by molar-refractivity contribution is 0.266. The van der Waals surface area contributed by atoms with Crippen molar-refractivity contribution in [3.05, 3.63) is 66.3 Å². The van der Waals surface area contributed by atoms with Crippen molar-refractivity contribution in [2.24, 2.45) is 0 Å². The minimum Gasteiger partial charge on any atom is -0.495 e. The molecule has 0 aliphatic rings. The fraction of sp³-hybridized carbons (Fsp3) is 0.462. The Labute approximate surface area is 456 Å². The standard InChI is InChI=1S/C14H21N5O.C13H18FN5O.C13H19N5O2.C12H16FN5O/c1-3-4-5-10(8-20)17-13-12-11(18-14(15)19-13)7-6-9(2)16-12;1-2-3-4-9(7-20)17-12-11-10(18-13(15)19-12)5-8(14)6-16-11;1-3-4-8(7-19)16-12-11-10(17-13(14)18-12)5-9(20-2)6-15-11;1-2-3-8(6-19)16-11-10-9(17-12(14)18-11)4-7(13)5-15-10/h6-7,10,20H,3-5,8H2,1-2H3,(H3,15,17,18,19);5-6,9,20H,2-4,7H2,1H3,(H3,15,17,18,19);5-6,8,19H,3-4,7H2,1-2H3,(H3,14,16,17,18);4-5,8,19H,2-3,6H2,1H3,(H3,14,16,17,18)/t10-;9-;2*8-/m0000/s1. The third kappa shape index (κ3) is 18.5. The van der Waals surface area contributed by atoms with Crippen LogP contribution >= 0.6 is 0 Å². The molecule has 0 aliphatic carbocycles. The van der Waals surface area contributed by atoms with E-state index in [9.17, 15) is 29.2 Å². The third-order valence-electron chi connectivity index (χ3n) is 11.8. The molecule has 0 aliphatic heterocycles. The second kappa shape index (κ2) is 31.3. The van der Waals surface area contributed by atoms with Gasteiger partial charge in [0.1, 0.15) is 45.0 Å². The van der Waals surface area contributed by atoms with Gasteiger partial charge < -0.3 is 69.4 Å². The van der Waals surface area contributed by atoms with E-state index in [0.29, 0.717) is 73.2 Å². The number of rotatable bonds is 23. The molecule has 0 unspecified atom stereocenters. The van der Waals surface area contributed by atoms with Crippen LogP contribution in [0.25, 0.3) is 44.1 Å². The lowest BCUT2D eigenvalue weighted by Gasteiger charge is -2.17. The average molecular weight is 1100 g/mol. The minimum absolute atomic E-state index is 0.0212. The first-order valence-electron chi connectivity index (χ1n) is 26.1. The number of nitrogens with two attached hydrogens (primary N) is 4. The molecule has 0 bridgehead atoms. The molecule has 16 N–H and O–H groups in total. The van der Waals surface area contributed by atoms with Crippen LogP contribution in [0, 0.1) is 18.6 Å². The van der Waals surface area contributed by atoms with E-state index in [2.05, 4.69) is 102 Å². The number of aliphatic hydroxyl groups excluding tert-OH is 4. The Morgan fingerprint density at radius 1 is 0.456 bits per heavy atom. The molecule has 0 radical (unpaired) electrons. The maximum Gasteiger partial charge on any atom is 0.222 e. The second-order valence-corrected chi connectivity index (χ2v) is 18.3. The van der Waals surface area contributed by atoms with Crippen LogP contribution in [0.4, 0.5) is 55.8 Å². The van der Waals surface area contributed by atoms with Gasteiger partial charge in [-0.05, 0) is 44.7 Å². The zero-order chi connectivity index (χ0) is 57.4. The van der Waals surface area contributed by atoms with Crippen molar-refractivity contribution in [3.8, 4) is 5.75 Å². The van der Waals surface area contributed by atoms with Crippen LogP contribution in [0.1, 0.15) is 97.6 Å². The summed E-state index contributed by atoms with van der Waals surface area (Å²) in [5.41, 5.74) is 27.7. The van der Waals surface area contributed by atoms with Crippen LogP contribution < -0.4 is 48.9 Å². The third-order valence-corrected chi connectivity index (χ3v) is 11.8. The summed E-state index contributed by atoms with van der Waals surface area (Å²) in [6.07, 6.45) is 13.1. The predicted octanol–water partition coefficient (Wildman–Crippen LogP) is 6.10. The van der Waals surface area contributed by atoms with Crippen LogP contribution in [0.2, 0.25) is 0 Å². The number of unbranched alkanes of at least 4 members (excludes halogenated alkanes) is 2. The molecule has 0 saturated carbocycles. The van der Waals surface area contributed by atoms with Gasteiger partial charge in [0.25, 0.3) is 0 Å². The van der Waals surface area contributed by atoms with Crippen molar-refractivity contribution in [3.63, 3.8) is 0 Å². The number of nitrogens with one attached hydrogen (secondary N) is 4. The maximum atomic E-state index is 13.2. The summed E-state index contributed by atoms with van der Waals surface area (Å²) < 4.78 is 31.4. The molecule has 0 spiro atoms. The van der Waals surface area contributed by atoms with E-state index >= 15 is 0 Å². The number of hydrogen-bond acceptors (Lipinski definition) is 25. The van der Waals surface area contributed by atoms with E-state index in [1.807, 2.05) is 26.0 Å². The summed E-state index contributed by atoms with van der Waals surface area (Å²) in [6, 6.07) is 7.61. The van der Waals surface area contributed by atoms with Gasteiger partial charge in [0.2, 0.25) is 23.8 Å². The van der Waals surface area contributed by atoms with Crippen LogP contribution in [0.3, 0.4) is 0 Å². The summed E-state index contributed by atoms with van der Waals surface area (Å²) in [7, 11) is 1.57. The minimum atomic E-state index is -0.483. The Bertz CT molecular complexity index is 3180. The Balaban J connectivity index is 0.000000194. The van der Waals surface area contributed by atoms with Crippen LogP contribution in [-0.2, 0) is 0 Å². The van der Waals surface area contributed by atoms with Gasteiger partial charge >= 0.3 is 0 Å². The maximum absolute atomic E-state index is 13.2. The first-order valence-corrected chi connectivity index (χ1v) is 26.1. The summed E-state index contributed by atoms with van der Waals surface area (Å²) in [5.74, 6) is 2.03. The molecule has 0 saturated heterocycles. The molecule has 8 aromatic heterocycles. The lowest BCUT2D eigenvalue weighted by Crippen LogP contribution is -2.24. The molecule has 0 aromatic carbocycles. The van der Waals surface area contributed by atoms with Crippen molar-refractivity contribution >= 4 is 91.2 Å². The number of nitrogen functional groups attached to an aromatic ring is 4. The molecule has 27 heteroatoms. The average Bonchev–Trinajstić information content (AvgIpc) is 3.45. The van der Waals surface area contributed by atoms with E-state index in [4.69, 9.17) is 27.7 Å². The highest BCUT2D eigenvalue weighted by Gasteiger charge is 2.17. The van der Waals surface area contributed by atoms with Gasteiger partial charge in [-0.25, -0.2) is 48.7 Å². The summed E-state index contributed by atoms with van der Waals surface area (Å²) in [6.45, 7) is 10.2. The number of aromatic nitrogens is 12. The Hall–Kier alpha value is -8.14. The first kappa shape index (κ1) is 61.7. The molecule has 8 rings (SSSR count). The first-order chi connectivity index (χ1) is 38.1. The number of halogens is 2. The van der Waals surface area contributed by atoms with Crippen molar-refractivity contribution < 1.29 is 33.9 Å². The van der Waals surface area contributed by atoms with Gasteiger partial charge in [0, 0.05) is 23.9 Å². The highest BCUT2D eigenvalue weighted by molar-refractivity contribution is 5.89. The van der Waals surface area contributed by atoms with Gasteiger partial charge in [-0.1, -0.05) is 66.2 Å².